The number of halogens is 5. The molecule has 0 atom stereocenters. The van der Waals surface area contributed by atoms with Crippen molar-refractivity contribution in [2.75, 3.05) is 36.3 Å². The Hall–Kier alpha value is -2.05. The van der Waals surface area contributed by atoms with Crippen molar-refractivity contribution in [3.05, 3.63) is 57.6 Å². The van der Waals surface area contributed by atoms with Crippen LogP contribution in [0.3, 0.4) is 0 Å². The quantitative estimate of drug-likeness (QED) is 0.646. The van der Waals surface area contributed by atoms with Crippen LogP contribution in [0.2, 0.25) is 10.0 Å². The molecular formula is C18H16Cl2F3N3O4S. The van der Waals surface area contributed by atoms with E-state index in [1.165, 1.54) is 22.5 Å². The van der Waals surface area contributed by atoms with E-state index in [-0.39, 0.29) is 53.3 Å². The Morgan fingerprint density at radius 3 is 2.29 bits per heavy atom. The van der Waals surface area contributed by atoms with Crippen LogP contribution in [0, 0.1) is 0 Å². The molecule has 3 rings (SSSR count). The van der Waals surface area contributed by atoms with Gasteiger partial charge in [0.25, 0.3) is 5.91 Å². The number of nitrogens with one attached hydrogen (secondary N) is 2. The Kier molecular flexibility index (Phi) is 7.01. The highest BCUT2D eigenvalue weighted by Gasteiger charge is 2.31. The lowest BCUT2D eigenvalue weighted by Crippen LogP contribution is -2.43. The topological polar surface area (TPSA) is 87.7 Å². The zero-order valence-corrected chi connectivity index (χ0v) is 18.0. The number of carbonyl (C=O) groups excluding carboxylic acids is 1. The van der Waals surface area contributed by atoms with Crippen molar-refractivity contribution in [3.63, 3.8) is 0 Å². The molecule has 7 nitrogen and oxygen atoms in total. The second kappa shape index (κ2) is 9.21. The number of anilines is 2. The summed E-state index contributed by atoms with van der Waals surface area (Å²) in [7, 11) is -3.98. The highest BCUT2D eigenvalue weighted by Crippen LogP contribution is 2.34. The Morgan fingerprint density at radius 1 is 1.03 bits per heavy atom. The zero-order chi connectivity index (χ0) is 22.8. The van der Waals surface area contributed by atoms with E-state index < -0.39 is 27.9 Å². The van der Waals surface area contributed by atoms with Gasteiger partial charge in [-0.25, -0.2) is 0 Å². The lowest BCUT2D eigenvalue weighted by molar-refractivity contribution is -0.137. The molecule has 168 valence electrons. The van der Waals surface area contributed by atoms with Crippen LogP contribution in [0.5, 0.6) is 0 Å². The molecule has 1 aliphatic heterocycles. The predicted octanol–water partition coefficient (Wildman–Crippen LogP) is 4.25. The molecule has 2 aromatic rings. The van der Waals surface area contributed by atoms with E-state index in [9.17, 15) is 26.4 Å². The first kappa shape index (κ1) is 23.6. The van der Waals surface area contributed by atoms with Crippen LogP contribution in [-0.4, -0.2) is 44.9 Å². The first-order valence-electron chi connectivity index (χ1n) is 8.80. The van der Waals surface area contributed by atoms with E-state index >= 15 is 0 Å². The van der Waals surface area contributed by atoms with Gasteiger partial charge in [0.05, 0.1) is 40.7 Å². The van der Waals surface area contributed by atoms with E-state index in [0.29, 0.717) is 6.07 Å². The van der Waals surface area contributed by atoms with Crippen LogP contribution < -0.4 is 10.0 Å². The van der Waals surface area contributed by atoms with E-state index in [2.05, 4.69) is 10.0 Å². The molecule has 0 radical (unpaired) electrons. The van der Waals surface area contributed by atoms with Gasteiger partial charge in [0.1, 0.15) is 0 Å². The number of morpholine rings is 1. The highest BCUT2D eigenvalue weighted by atomic mass is 35.5. The van der Waals surface area contributed by atoms with Gasteiger partial charge in [-0.05, 0) is 36.4 Å². The summed E-state index contributed by atoms with van der Waals surface area (Å²) < 4.78 is 72.3. The second-order valence-corrected chi connectivity index (χ2v) is 8.97. The molecule has 0 saturated carbocycles. The summed E-state index contributed by atoms with van der Waals surface area (Å²) in [5.41, 5.74) is -1.25. The van der Waals surface area contributed by atoms with E-state index in [1.807, 2.05) is 0 Å². The van der Waals surface area contributed by atoms with Crippen LogP contribution in [0.4, 0.5) is 24.5 Å². The van der Waals surface area contributed by atoms with Crippen molar-refractivity contribution in [1.29, 1.82) is 0 Å². The molecule has 1 saturated heterocycles. The molecule has 2 aromatic carbocycles. The predicted molar refractivity (Wildman–Crippen MR) is 111 cm³/mol. The fraction of sp³-hybridized carbons (Fsp3) is 0.278. The molecule has 1 heterocycles. The summed E-state index contributed by atoms with van der Waals surface area (Å²) in [5.74, 6) is -0.816. The third kappa shape index (κ3) is 5.80. The first-order chi connectivity index (χ1) is 14.5. The number of nitrogens with zero attached hydrogens (tertiary/aromatic N) is 1. The average Bonchev–Trinajstić information content (AvgIpc) is 2.70. The number of carbonyl (C=O) groups is 1. The molecule has 0 spiro atoms. The van der Waals surface area contributed by atoms with Crippen molar-refractivity contribution < 1.29 is 31.1 Å². The van der Waals surface area contributed by atoms with Gasteiger partial charge in [0, 0.05) is 18.1 Å². The maximum Gasteiger partial charge on any atom is 0.416 e. The van der Waals surface area contributed by atoms with Gasteiger partial charge in [0.2, 0.25) is 0 Å². The number of benzene rings is 2. The Balaban J connectivity index is 1.85. The Morgan fingerprint density at radius 2 is 1.68 bits per heavy atom. The summed E-state index contributed by atoms with van der Waals surface area (Å²) in [4.78, 5) is 12.8. The summed E-state index contributed by atoms with van der Waals surface area (Å²) >= 11 is 11.8. The number of hydrogen-bond acceptors (Lipinski definition) is 4. The van der Waals surface area contributed by atoms with Gasteiger partial charge in [-0.3, -0.25) is 9.52 Å². The SMILES string of the molecule is O=C(Nc1ccc(C(F)(F)F)cc1Cl)c1cc(Cl)ccc1NS(=O)(=O)N1CCOCC1. The lowest BCUT2D eigenvalue weighted by Gasteiger charge is -2.26. The molecule has 0 bridgehead atoms. The zero-order valence-electron chi connectivity index (χ0n) is 15.7. The summed E-state index contributed by atoms with van der Waals surface area (Å²) in [6, 6.07) is 6.38. The Bertz CT molecular complexity index is 1090. The third-order valence-electron chi connectivity index (χ3n) is 4.32. The Labute approximate surface area is 186 Å². The van der Waals surface area contributed by atoms with Crippen LogP contribution in [0.1, 0.15) is 15.9 Å². The molecule has 1 amide bonds. The maximum atomic E-state index is 12.8. The van der Waals surface area contributed by atoms with Crippen molar-refractivity contribution in [2.24, 2.45) is 0 Å². The van der Waals surface area contributed by atoms with Gasteiger partial charge in [-0.2, -0.15) is 25.9 Å². The largest absolute Gasteiger partial charge is 0.416 e. The molecule has 1 aliphatic rings. The van der Waals surface area contributed by atoms with Gasteiger partial charge < -0.3 is 10.1 Å². The molecule has 31 heavy (non-hydrogen) atoms. The summed E-state index contributed by atoms with van der Waals surface area (Å²) in [5, 5.41) is 2.19. The molecule has 0 unspecified atom stereocenters. The molecule has 2 N–H and O–H groups in total. The van der Waals surface area contributed by atoms with Crippen molar-refractivity contribution in [2.45, 2.75) is 6.18 Å². The van der Waals surface area contributed by atoms with Crippen LogP contribution in [0.25, 0.3) is 0 Å². The van der Waals surface area contributed by atoms with Crippen LogP contribution in [0.15, 0.2) is 36.4 Å². The summed E-state index contributed by atoms with van der Waals surface area (Å²) in [6.45, 7) is 0.764. The highest BCUT2D eigenvalue weighted by molar-refractivity contribution is 7.90. The molecular weight excluding hydrogens is 482 g/mol. The molecule has 13 heteroatoms. The fourth-order valence-electron chi connectivity index (χ4n) is 2.77. The first-order valence-corrected chi connectivity index (χ1v) is 11.0. The maximum absolute atomic E-state index is 12.8. The number of amides is 1. The van der Waals surface area contributed by atoms with Crippen LogP contribution in [-0.2, 0) is 21.1 Å². The van der Waals surface area contributed by atoms with Crippen LogP contribution >= 0.6 is 23.2 Å². The average molecular weight is 498 g/mol. The van der Waals surface area contributed by atoms with Gasteiger partial charge in [-0.15, -0.1) is 0 Å². The second-order valence-electron chi connectivity index (χ2n) is 6.45. The minimum atomic E-state index is -4.59. The summed E-state index contributed by atoms with van der Waals surface area (Å²) in [6.07, 6.45) is -4.59. The van der Waals surface area contributed by atoms with Crippen molar-refractivity contribution in [3.8, 4) is 0 Å². The van der Waals surface area contributed by atoms with Gasteiger partial charge >= 0.3 is 16.4 Å². The smallest absolute Gasteiger partial charge is 0.379 e. The normalized spacial score (nSPS) is 15.5. The molecule has 0 aliphatic carbocycles. The van der Waals surface area contributed by atoms with E-state index in [0.717, 1.165) is 12.1 Å². The fourth-order valence-corrected chi connectivity index (χ4v) is 4.38. The van der Waals surface area contributed by atoms with E-state index in [1.54, 1.807) is 0 Å². The minimum Gasteiger partial charge on any atom is -0.379 e. The molecule has 0 aromatic heterocycles. The van der Waals surface area contributed by atoms with Gasteiger partial charge in [0.15, 0.2) is 0 Å². The van der Waals surface area contributed by atoms with Crippen molar-refractivity contribution in [1.82, 2.24) is 4.31 Å². The third-order valence-corrected chi connectivity index (χ3v) is 6.39. The number of rotatable bonds is 5. The standard InChI is InChI=1S/C18H16Cl2F3N3O4S/c19-12-2-4-15(25-31(28,29)26-5-7-30-8-6-26)13(10-12)17(27)24-16-3-1-11(9-14(16)20)18(21,22)23/h1-4,9-10,25H,5-8H2,(H,24,27). The minimum absolute atomic E-state index is 0.0589. The molecule has 1 fully saturated rings. The lowest BCUT2D eigenvalue weighted by atomic mass is 10.1. The number of alkyl halides is 3. The van der Waals surface area contributed by atoms with E-state index in [4.69, 9.17) is 27.9 Å². The van der Waals surface area contributed by atoms with Crippen molar-refractivity contribution >= 4 is 50.7 Å². The number of hydrogen-bond donors (Lipinski definition) is 2. The monoisotopic (exact) mass is 497 g/mol. The van der Waals surface area contributed by atoms with Gasteiger partial charge in [-0.1, -0.05) is 23.2 Å². The number of ether oxygens (including phenoxy) is 1.